The first-order valence-corrected chi connectivity index (χ1v) is 7.49. The van der Waals surface area contributed by atoms with Crippen LogP contribution in [0.5, 0.6) is 0 Å². The Morgan fingerprint density at radius 2 is 2.06 bits per heavy atom. The average Bonchev–Trinajstić information content (AvgIpc) is 2.17. The fourth-order valence-corrected chi connectivity index (χ4v) is 2.93. The first-order valence-electron chi connectivity index (χ1n) is 5.78. The molecule has 0 bridgehead atoms. The summed E-state index contributed by atoms with van der Waals surface area (Å²) in [6.07, 6.45) is 1.95. The van der Waals surface area contributed by atoms with E-state index in [1.807, 2.05) is 0 Å². The van der Waals surface area contributed by atoms with Crippen molar-refractivity contribution in [2.45, 2.75) is 26.2 Å². The highest BCUT2D eigenvalue weighted by Crippen LogP contribution is 2.44. The molecule has 0 aromatic rings. The zero-order valence-electron chi connectivity index (χ0n) is 10.1. The van der Waals surface area contributed by atoms with Gasteiger partial charge in [-0.1, -0.05) is 6.92 Å². The molecule has 6 nitrogen and oxygen atoms in total. The first-order chi connectivity index (χ1) is 7.79. The molecule has 0 aromatic heterocycles. The minimum atomic E-state index is -3.44. The third-order valence-electron chi connectivity index (χ3n) is 3.24. The normalized spacial score (nSPS) is 28.5. The number of carbonyl (C=O) groups excluding carboxylic acids is 1. The van der Waals surface area contributed by atoms with Crippen molar-refractivity contribution in [3.05, 3.63) is 0 Å². The van der Waals surface area contributed by atoms with Crippen LogP contribution in [0.3, 0.4) is 0 Å². The zero-order valence-corrected chi connectivity index (χ0v) is 10.9. The molecule has 0 spiro atoms. The molecule has 17 heavy (non-hydrogen) atoms. The van der Waals surface area contributed by atoms with Crippen LogP contribution in [-0.2, 0) is 14.8 Å². The molecule has 0 atom stereocenters. The van der Waals surface area contributed by atoms with E-state index in [1.165, 1.54) is 0 Å². The van der Waals surface area contributed by atoms with Gasteiger partial charge in [0.1, 0.15) is 0 Å². The van der Waals surface area contributed by atoms with Gasteiger partial charge in [0.2, 0.25) is 15.9 Å². The molecule has 0 aromatic carbocycles. The molecule has 0 saturated heterocycles. The van der Waals surface area contributed by atoms with Gasteiger partial charge in [-0.15, -0.1) is 0 Å². The number of hydrogen-bond donors (Lipinski definition) is 3. The van der Waals surface area contributed by atoms with E-state index in [4.69, 9.17) is 10.9 Å². The first kappa shape index (κ1) is 14.4. The van der Waals surface area contributed by atoms with Crippen molar-refractivity contribution >= 4 is 15.9 Å². The van der Waals surface area contributed by atoms with Crippen LogP contribution in [0.1, 0.15) is 26.2 Å². The largest absolute Gasteiger partial charge is 0.356 e. The summed E-state index contributed by atoms with van der Waals surface area (Å²) in [6, 6.07) is 0. The Hall–Kier alpha value is -0.660. The van der Waals surface area contributed by atoms with Crippen molar-refractivity contribution in [1.29, 1.82) is 0 Å². The van der Waals surface area contributed by atoms with E-state index in [0.717, 1.165) is 12.8 Å². The minimum absolute atomic E-state index is 0.0625. The van der Waals surface area contributed by atoms with E-state index in [0.29, 0.717) is 25.4 Å². The third-order valence-corrected chi connectivity index (χ3v) is 4.10. The molecule has 1 amide bonds. The SMILES string of the molecule is CC1CC(CN)(C(=O)NCCCS(N)(=O)=O)C1. The summed E-state index contributed by atoms with van der Waals surface area (Å²) in [5.41, 5.74) is 5.20. The van der Waals surface area contributed by atoms with Crippen LogP contribution in [0.15, 0.2) is 0 Å². The summed E-state index contributed by atoms with van der Waals surface area (Å²) in [5.74, 6) is 0.362. The van der Waals surface area contributed by atoms with Crippen LogP contribution in [-0.4, -0.2) is 33.2 Å². The second kappa shape index (κ2) is 5.32. The third kappa shape index (κ3) is 3.93. The van der Waals surface area contributed by atoms with Crippen LogP contribution in [0.25, 0.3) is 0 Å². The van der Waals surface area contributed by atoms with Crippen molar-refractivity contribution in [1.82, 2.24) is 5.32 Å². The number of nitrogens with one attached hydrogen (secondary N) is 1. The number of hydrogen-bond acceptors (Lipinski definition) is 4. The average molecular weight is 263 g/mol. The summed E-state index contributed by atoms with van der Waals surface area (Å²) in [7, 11) is -3.44. The maximum Gasteiger partial charge on any atom is 0.227 e. The fraction of sp³-hybridized carbons (Fsp3) is 0.900. The molecule has 0 heterocycles. The van der Waals surface area contributed by atoms with Gasteiger partial charge in [0.25, 0.3) is 0 Å². The van der Waals surface area contributed by atoms with E-state index < -0.39 is 15.4 Å². The molecule has 100 valence electrons. The lowest BCUT2D eigenvalue weighted by atomic mass is 9.62. The monoisotopic (exact) mass is 263 g/mol. The Kier molecular flexibility index (Phi) is 4.51. The van der Waals surface area contributed by atoms with E-state index in [1.54, 1.807) is 0 Å². The highest BCUT2D eigenvalue weighted by atomic mass is 32.2. The minimum Gasteiger partial charge on any atom is -0.356 e. The lowest BCUT2D eigenvalue weighted by Crippen LogP contribution is -2.53. The van der Waals surface area contributed by atoms with Gasteiger partial charge in [0.15, 0.2) is 0 Å². The quantitative estimate of drug-likeness (QED) is 0.542. The Labute approximate surface area is 102 Å². The van der Waals surface area contributed by atoms with Crippen molar-refractivity contribution < 1.29 is 13.2 Å². The van der Waals surface area contributed by atoms with Gasteiger partial charge in [-0.3, -0.25) is 4.79 Å². The Morgan fingerprint density at radius 3 is 2.47 bits per heavy atom. The standard InChI is InChI=1S/C10H21N3O3S/c1-8-5-10(6-8,7-11)9(14)13-3-2-4-17(12,15)16/h8H,2-7,11H2,1H3,(H,13,14)(H2,12,15,16). The maximum atomic E-state index is 11.9. The molecule has 1 aliphatic carbocycles. The summed E-state index contributed by atoms with van der Waals surface area (Å²) in [5, 5.41) is 7.59. The molecule has 0 radical (unpaired) electrons. The Bertz CT molecular complexity index is 374. The Morgan fingerprint density at radius 1 is 1.47 bits per heavy atom. The maximum absolute atomic E-state index is 11.9. The summed E-state index contributed by atoms with van der Waals surface area (Å²) < 4.78 is 21.4. The number of sulfonamides is 1. The van der Waals surface area contributed by atoms with Crippen LogP contribution in [0, 0.1) is 11.3 Å². The van der Waals surface area contributed by atoms with Gasteiger partial charge in [-0.05, 0) is 25.2 Å². The molecule has 1 saturated carbocycles. The van der Waals surface area contributed by atoms with Crippen molar-refractivity contribution in [2.24, 2.45) is 22.2 Å². The van der Waals surface area contributed by atoms with Crippen LogP contribution in [0.4, 0.5) is 0 Å². The molecule has 0 unspecified atom stereocenters. The lowest BCUT2D eigenvalue weighted by molar-refractivity contribution is -0.138. The summed E-state index contributed by atoms with van der Waals surface area (Å²) in [4.78, 5) is 11.9. The summed E-state index contributed by atoms with van der Waals surface area (Å²) >= 11 is 0. The zero-order chi connectivity index (χ0) is 13.1. The topological polar surface area (TPSA) is 115 Å². The molecule has 5 N–H and O–H groups in total. The van der Waals surface area contributed by atoms with Gasteiger partial charge < -0.3 is 11.1 Å². The molecule has 1 rings (SSSR count). The van der Waals surface area contributed by atoms with Crippen LogP contribution < -0.4 is 16.2 Å². The van der Waals surface area contributed by atoms with E-state index >= 15 is 0 Å². The second-order valence-electron chi connectivity index (χ2n) is 4.97. The van der Waals surface area contributed by atoms with Crippen molar-refractivity contribution in [2.75, 3.05) is 18.8 Å². The second-order valence-corrected chi connectivity index (χ2v) is 6.71. The van der Waals surface area contributed by atoms with E-state index in [9.17, 15) is 13.2 Å². The van der Waals surface area contributed by atoms with Gasteiger partial charge in [-0.25, -0.2) is 13.6 Å². The van der Waals surface area contributed by atoms with Gasteiger partial charge >= 0.3 is 0 Å². The molecule has 1 aliphatic rings. The molecular weight excluding hydrogens is 242 g/mol. The number of rotatable bonds is 6. The summed E-state index contributed by atoms with van der Waals surface area (Å²) in [6.45, 7) is 2.76. The molecule has 1 fully saturated rings. The lowest BCUT2D eigenvalue weighted by Gasteiger charge is -2.44. The fourth-order valence-electron chi connectivity index (χ4n) is 2.38. The predicted octanol–water partition coefficient (Wildman–Crippen LogP) is -0.844. The van der Waals surface area contributed by atoms with Crippen molar-refractivity contribution in [3.63, 3.8) is 0 Å². The van der Waals surface area contributed by atoms with E-state index in [-0.39, 0.29) is 11.7 Å². The van der Waals surface area contributed by atoms with Gasteiger partial charge in [0, 0.05) is 13.1 Å². The van der Waals surface area contributed by atoms with Crippen molar-refractivity contribution in [3.8, 4) is 0 Å². The predicted molar refractivity (Wildman–Crippen MR) is 65.5 cm³/mol. The molecular formula is C10H21N3O3S. The highest BCUT2D eigenvalue weighted by molar-refractivity contribution is 7.89. The number of primary sulfonamides is 1. The number of carbonyl (C=O) groups is 1. The van der Waals surface area contributed by atoms with Crippen LogP contribution >= 0.6 is 0 Å². The smallest absolute Gasteiger partial charge is 0.227 e. The molecule has 7 heteroatoms. The number of amides is 1. The van der Waals surface area contributed by atoms with Crippen LogP contribution in [0.2, 0.25) is 0 Å². The molecule has 0 aliphatic heterocycles. The van der Waals surface area contributed by atoms with Gasteiger partial charge in [-0.2, -0.15) is 0 Å². The highest BCUT2D eigenvalue weighted by Gasteiger charge is 2.46. The number of nitrogens with two attached hydrogens (primary N) is 2. The Balaban J connectivity index is 2.30. The van der Waals surface area contributed by atoms with E-state index in [2.05, 4.69) is 12.2 Å². The van der Waals surface area contributed by atoms with Gasteiger partial charge in [0.05, 0.1) is 11.2 Å².